The van der Waals surface area contributed by atoms with E-state index >= 15 is 0 Å². The lowest BCUT2D eigenvalue weighted by Gasteiger charge is -2.15. The van der Waals surface area contributed by atoms with Crippen LogP contribution in [0.25, 0.3) is 22.3 Å². The first-order valence-corrected chi connectivity index (χ1v) is 12.3. The average molecular weight is 457 g/mol. The van der Waals surface area contributed by atoms with Crippen molar-refractivity contribution in [1.29, 1.82) is 0 Å². The van der Waals surface area contributed by atoms with Crippen molar-refractivity contribution < 1.29 is 14.6 Å². The molecule has 0 fully saturated rings. The number of carbonyl (C=O) groups excluding carboxylic acids is 1. The summed E-state index contributed by atoms with van der Waals surface area (Å²) in [5, 5.41) is 9.75. The van der Waals surface area contributed by atoms with Crippen molar-refractivity contribution in [3.05, 3.63) is 95.6 Å². The van der Waals surface area contributed by atoms with Crippen molar-refractivity contribution in [3.8, 4) is 22.3 Å². The smallest absolute Gasteiger partial charge is 0.330 e. The minimum Gasteiger partial charge on any atom is -0.462 e. The summed E-state index contributed by atoms with van der Waals surface area (Å²) in [4.78, 5) is 11.4. The molecule has 1 N–H and O–H groups in total. The molecule has 0 aliphatic carbocycles. The molecule has 0 spiro atoms. The zero-order valence-corrected chi connectivity index (χ0v) is 20.5. The normalized spacial score (nSPS) is 10.8. The van der Waals surface area contributed by atoms with Crippen LogP contribution in [-0.4, -0.2) is 17.7 Å². The van der Waals surface area contributed by atoms with E-state index in [1.54, 1.807) is 0 Å². The van der Waals surface area contributed by atoms with Gasteiger partial charge in [-0.05, 0) is 63.8 Å². The van der Waals surface area contributed by atoms with E-state index in [0.717, 1.165) is 29.5 Å². The summed E-state index contributed by atoms with van der Waals surface area (Å²) in [6.45, 7) is 8.06. The van der Waals surface area contributed by atoms with Crippen LogP contribution >= 0.6 is 0 Å². The number of carbonyl (C=O) groups is 1. The van der Waals surface area contributed by atoms with Crippen LogP contribution in [0.4, 0.5) is 0 Å². The number of aliphatic hydroxyl groups excluding tert-OH is 1. The molecule has 34 heavy (non-hydrogen) atoms. The first-order valence-electron chi connectivity index (χ1n) is 12.3. The highest BCUT2D eigenvalue weighted by Crippen LogP contribution is 2.31. The molecule has 0 heterocycles. The molecule has 0 aliphatic heterocycles. The van der Waals surface area contributed by atoms with Crippen LogP contribution in [0.5, 0.6) is 0 Å². The molecule has 0 saturated carbocycles. The van der Waals surface area contributed by atoms with Crippen molar-refractivity contribution in [1.82, 2.24) is 0 Å². The molecule has 3 rings (SSSR count). The molecule has 0 radical (unpaired) electrons. The number of rotatable bonds is 12. The molecule has 3 heteroatoms. The topological polar surface area (TPSA) is 46.5 Å². The Labute approximate surface area is 204 Å². The summed E-state index contributed by atoms with van der Waals surface area (Å²) in [5.41, 5.74) is 9.29. The van der Waals surface area contributed by atoms with Crippen LogP contribution in [0.15, 0.2) is 73.3 Å². The number of aryl methyl sites for hydroxylation is 2. The summed E-state index contributed by atoms with van der Waals surface area (Å²) in [6.07, 6.45) is 7.56. The van der Waals surface area contributed by atoms with Crippen LogP contribution in [0, 0.1) is 0 Å². The number of esters is 1. The molecule has 0 saturated heterocycles. The minimum absolute atomic E-state index is 0.0426. The van der Waals surface area contributed by atoms with Crippen LogP contribution < -0.4 is 0 Å². The third kappa shape index (κ3) is 6.68. The summed E-state index contributed by atoms with van der Waals surface area (Å²) < 4.78 is 5.15. The Morgan fingerprint density at radius 1 is 0.853 bits per heavy atom. The van der Waals surface area contributed by atoms with E-state index in [1.807, 2.05) is 6.07 Å². The van der Waals surface area contributed by atoms with E-state index < -0.39 is 5.97 Å². The van der Waals surface area contributed by atoms with Crippen LogP contribution in [-0.2, 0) is 35.4 Å². The Morgan fingerprint density at radius 3 is 2.24 bits per heavy atom. The predicted octanol–water partition coefficient (Wildman–Crippen LogP) is 7.08. The number of unbranched alkanes of at least 4 members (excludes halogenated alkanes) is 2. The fraction of sp³-hybridized carbons (Fsp3) is 0.323. The maximum Gasteiger partial charge on any atom is 0.330 e. The maximum absolute atomic E-state index is 11.4. The molecule has 3 aromatic rings. The van der Waals surface area contributed by atoms with Gasteiger partial charge in [-0.25, -0.2) is 4.79 Å². The van der Waals surface area contributed by atoms with Gasteiger partial charge in [-0.15, -0.1) is 0 Å². The van der Waals surface area contributed by atoms with Crippen molar-refractivity contribution in [3.63, 3.8) is 0 Å². The Bertz CT molecular complexity index is 1100. The van der Waals surface area contributed by atoms with Gasteiger partial charge in [0.15, 0.2) is 0 Å². The SMILES string of the molecule is C=CC(=O)OCCc1cc(-c2ccc(-c3ccc(CCCCC)cc3)cc2CC)ccc1CO. The molecule has 3 aromatic carbocycles. The summed E-state index contributed by atoms with van der Waals surface area (Å²) in [6, 6.07) is 21.8. The molecule has 178 valence electrons. The first-order chi connectivity index (χ1) is 16.6. The molecule has 0 bridgehead atoms. The monoisotopic (exact) mass is 456 g/mol. The lowest BCUT2D eigenvalue weighted by Crippen LogP contribution is -2.06. The maximum atomic E-state index is 11.4. The molecular formula is C31H36O3. The van der Waals surface area contributed by atoms with Gasteiger partial charge in [-0.2, -0.15) is 0 Å². The number of benzene rings is 3. The number of ether oxygens (including phenoxy) is 1. The second-order valence-electron chi connectivity index (χ2n) is 8.64. The number of aliphatic hydroxyl groups is 1. The predicted molar refractivity (Wildman–Crippen MR) is 141 cm³/mol. The molecule has 0 unspecified atom stereocenters. The standard InChI is InChI=1S/C31H36O3/c1-4-7-8-9-23-10-12-25(13-11-23)26-16-17-30(24(5-2)20-26)28-14-15-29(22-32)27(21-28)18-19-34-31(33)6-3/h6,10-17,20-21,32H,3-5,7-9,18-19,22H2,1-2H3. The van der Waals surface area contributed by atoms with E-state index in [0.29, 0.717) is 6.42 Å². The Hall–Kier alpha value is -3.17. The van der Waals surface area contributed by atoms with E-state index in [1.165, 1.54) is 53.2 Å². The zero-order valence-electron chi connectivity index (χ0n) is 20.5. The third-order valence-electron chi connectivity index (χ3n) is 6.31. The van der Waals surface area contributed by atoms with E-state index in [9.17, 15) is 9.90 Å². The number of hydrogen-bond donors (Lipinski definition) is 1. The Balaban J connectivity index is 1.83. The van der Waals surface area contributed by atoms with Crippen LogP contribution in [0.2, 0.25) is 0 Å². The van der Waals surface area contributed by atoms with Gasteiger partial charge >= 0.3 is 5.97 Å². The van der Waals surface area contributed by atoms with Gasteiger partial charge in [0.05, 0.1) is 13.2 Å². The lowest BCUT2D eigenvalue weighted by atomic mass is 9.91. The van der Waals surface area contributed by atoms with Gasteiger partial charge < -0.3 is 9.84 Å². The van der Waals surface area contributed by atoms with E-state index in [2.05, 4.69) is 75.0 Å². The summed E-state index contributed by atoms with van der Waals surface area (Å²) >= 11 is 0. The van der Waals surface area contributed by atoms with Crippen molar-refractivity contribution in [2.24, 2.45) is 0 Å². The highest BCUT2D eigenvalue weighted by atomic mass is 16.5. The van der Waals surface area contributed by atoms with Crippen molar-refractivity contribution >= 4 is 5.97 Å². The first kappa shape index (κ1) is 25.5. The summed E-state index contributed by atoms with van der Waals surface area (Å²) in [5.74, 6) is -0.431. The van der Waals surface area contributed by atoms with E-state index in [-0.39, 0.29) is 13.2 Å². The van der Waals surface area contributed by atoms with Crippen molar-refractivity contribution in [2.75, 3.05) is 6.61 Å². The van der Waals surface area contributed by atoms with Crippen molar-refractivity contribution in [2.45, 2.75) is 59.0 Å². The fourth-order valence-electron chi connectivity index (χ4n) is 4.29. The zero-order chi connectivity index (χ0) is 24.3. The highest BCUT2D eigenvalue weighted by molar-refractivity contribution is 5.81. The van der Waals surface area contributed by atoms with Crippen LogP contribution in [0.3, 0.4) is 0 Å². The van der Waals surface area contributed by atoms with Crippen LogP contribution in [0.1, 0.15) is 55.4 Å². The minimum atomic E-state index is -0.431. The fourth-order valence-corrected chi connectivity index (χ4v) is 4.29. The van der Waals surface area contributed by atoms with Gasteiger partial charge in [0.1, 0.15) is 0 Å². The van der Waals surface area contributed by atoms with Gasteiger partial charge in [-0.1, -0.05) is 93.9 Å². The number of hydrogen-bond acceptors (Lipinski definition) is 3. The van der Waals surface area contributed by atoms with Gasteiger partial charge in [0, 0.05) is 12.5 Å². The molecule has 0 aliphatic rings. The van der Waals surface area contributed by atoms with Gasteiger partial charge in [0.25, 0.3) is 0 Å². The summed E-state index contributed by atoms with van der Waals surface area (Å²) in [7, 11) is 0. The quantitative estimate of drug-likeness (QED) is 0.180. The van der Waals surface area contributed by atoms with E-state index in [4.69, 9.17) is 4.74 Å². The second kappa shape index (κ2) is 12.9. The molecule has 0 atom stereocenters. The van der Waals surface area contributed by atoms with Gasteiger partial charge in [0.2, 0.25) is 0 Å². The second-order valence-corrected chi connectivity index (χ2v) is 8.64. The molecule has 3 nitrogen and oxygen atoms in total. The largest absolute Gasteiger partial charge is 0.462 e. The Morgan fingerprint density at radius 2 is 1.56 bits per heavy atom. The Kier molecular flexibility index (Phi) is 9.66. The molecule has 0 aromatic heterocycles. The third-order valence-corrected chi connectivity index (χ3v) is 6.31. The van der Waals surface area contributed by atoms with Gasteiger partial charge in [-0.3, -0.25) is 0 Å². The molecular weight excluding hydrogens is 420 g/mol. The highest BCUT2D eigenvalue weighted by Gasteiger charge is 2.11. The average Bonchev–Trinajstić information content (AvgIpc) is 2.88. The lowest BCUT2D eigenvalue weighted by molar-refractivity contribution is -0.137. The molecule has 0 amide bonds.